The molecule has 0 fully saturated rings. The van der Waals surface area contributed by atoms with E-state index >= 15 is 0 Å². The molecule has 7 nitrogen and oxygen atoms in total. The first kappa shape index (κ1) is 22.4. The van der Waals surface area contributed by atoms with Crippen molar-refractivity contribution in [2.45, 2.75) is 49.8 Å². The van der Waals surface area contributed by atoms with Crippen LogP contribution < -0.4 is 10.6 Å². The Kier molecular flexibility index (Phi) is 7.98. The summed E-state index contributed by atoms with van der Waals surface area (Å²) >= 11 is 3.21. The van der Waals surface area contributed by atoms with Crippen LogP contribution in [0.3, 0.4) is 0 Å². The second kappa shape index (κ2) is 10.7. The fourth-order valence-corrected chi connectivity index (χ4v) is 4.23. The molecule has 1 amide bonds. The molecule has 2 heterocycles. The van der Waals surface area contributed by atoms with Crippen molar-refractivity contribution >= 4 is 46.3 Å². The van der Waals surface area contributed by atoms with Crippen LogP contribution in [0.2, 0.25) is 0 Å². The number of rotatable bonds is 10. The van der Waals surface area contributed by atoms with E-state index in [-0.39, 0.29) is 11.9 Å². The van der Waals surface area contributed by atoms with Crippen molar-refractivity contribution in [2.75, 3.05) is 23.9 Å². The molecule has 0 aliphatic heterocycles. The predicted octanol–water partition coefficient (Wildman–Crippen LogP) is 4.30. The summed E-state index contributed by atoms with van der Waals surface area (Å²) in [6.07, 6.45) is 4.82. The number of hydrogen-bond acceptors (Lipinski definition) is 7. The number of nitrogens with zero attached hydrogens (tertiary/aromatic N) is 4. The molecule has 0 bridgehead atoms. The number of nitrogens with one attached hydrogen (secondary N) is 2. The molecular formula is C21H28N6OS2. The van der Waals surface area contributed by atoms with Gasteiger partial charge in [-0.05, 0) is 38.7 Å². The molecule has 30 heavy (non-hydrogen) atoms. The Bertz CT molecular complexity index is 1000. The van der Waals surface area contributed by atoms with E-state index in [1.807, 2.05) is 35.2 Å². The quantitative estimate of drug-likeness (QED) is 0.356. The number of fused-ring (bicyclic) bond motifs is 1. The Hall–Kier alpha value is -2.26. The molecule has 0 aliphatic carbocycles. The lowest BCUT2D eigenvalue weighted by Gasteiger charge is -2.12. The minimum atomic E-state index is -0.0765. The number of carbonyl (C=O) groups excluding carboxylic acids is 1. The van der Waals surface area contributed by atoms with Crippen molar-refractivity contribution in [1.29, 1.82) is 0 Å². The molecule has 0 unspecified atom stereocenters. The third-order valence-electron chi connectivity index (χ3n) is 4.30. The first-order chi connectivity index (χ1) is 14.5. The number of amides is 1. The molecule has 0 aliphatic rings. The van der Waals surface area contributed by atoms with Crippen LogP contribution in [-0.2, 0) is 6.54 Å². The SMILES string of the molecule is CCCSc1nc(NC(C)C)c2cnn(CCNC(=O)c3ccccc3SC)c2n1. The number of benzene rings is 1. The molecular weight excluding hydrogens is 416 g/mol. The van der Waals surface area contributed by atoms with Crippen molar-refractivity contribution in [1.82, 2.24) is 25.1 Å². The van der Waals surface area contributed by atoms with E-state index in [2.05, 4.69) is 41.5 Å². The van der Waals surface area contributed by atoms with Gasteiger partial charge >= 0.3 is 0 Å². The van der Waals surface area contributed by atoms with Gasteiger partial charge in [-0.3, -0.25) is 4.79 Å². The third kappa shape index (κ3) is 5.46. The number of carbonyl (C=O) groups is 1. The first-order valence-electron chi connectivity index (χ1n) is 10.1. The molecule has 160 valence electrons. The fourth-order valence-electron chi connectivity index (χ4n) is 2.94. The Balaban J connectivity index is 1.76. The van der Waals surface area contributed by atoms with Gasteiger partial charge in [-0.25, -0.2) is 14.6 Å². The molecule has 2 aromatic heterocycles. The minimum Gasteiger partial charge on any atom is -0.367 e. The summed E-state index contributed by atoms with van der Waals surface area (Å²) in [5.74, 6) is 1.69. The Morgan fingerprint density at radius 3 is 2.77 bits per heavy atom. The monoisotopic (exact) mass is 444 g/mol. The maximum absolute atomic E-state index is 12.6. The smallest absolute Gasteiger partial charge is 0.252 e. The zero-order chi connectivity index (χ0) is 21.5. The van der Waals surface area contributed by atoms with Gasteiger partial charge in [0.25, 0.3) is 5.91 Å². The largest absolute Gasteiger partial charge is 0.367 e. The van der Waals surface area contributed by atoms with Gasteiger partial charge in [-0.1, -0.05) is 30.8 Å². The maximum atomic E-state index is 12.6. The van der Waals surface area contributed by atoms with Crippen LogP contribution in [-0.4, -0.2) is 50.3 Å². The van der Waals surface area contributed by atoms with Gasteiger partial charge < -0.3 is 10.6 Å². The lowest BCUT2D eigenvalue weighted by molar-refractivity contribution is 0.0949. The van der Waals surface area contributed by atoms with Crippen LogP contribution in [0, 0.1) is 0 Å². The van der Waals surface area contributed by atoms with E-state index in [0.717, 1.165) is 39.1 Å². The summed E-state index contributed by atoms with van der Waals surface area (Å²) in [6.45, 7) is 7.30. The predicted molar refractivity (Wildman–Crippen MR) is 126 cm³/mol. The molecule has 2 N–H and O–H groups in total. The Morgan fingerprint density at radius 2 is 2.03 bits per heavy atom. The summed E-state index contributed by atoms with van der Waals surface area (Å²) in [5, 5.41) is 12.5. The van der Waals surface area contributed by atoms with Crippen LogP contribution in [0.4, 0.5) is 5.82 Å². The summed E-state index contributed by atoms with van der Waals surface area (Å²) < 4.78 is 1.83. The first-order valence-corrected chi connectivity index (χ1v) is 12.3. The molecule has 0 saturated carbocycles. The van der Waals surface area contributed by atoms with E-state index in [9.17, 15) is 4.79 Å². The number of hydrogen-bond donors (Lipinski definition) is 2. The van der Waals surface area contributed by atoms with Gasteiger partial charge in [0.1, 0.15) is 5.82 Å². The average molecular weight is 445 g/mol. The van der Waals surface area contributed by atoms with E-state index in [4.69, 9.17) is 4.98 Å². The van der Waals surface area contributed by atoms with Crippen molar-refractivity contribution in [2.24, 2.45) is 0 Å². The topological polar surface area (TPSA) is 84.7 Å². The van der Waals surface area contributed by atoms with E-state index in [1.54, 1.807) is 29.7 Å². The molecule has 0 saturated heterocycles. The summed E-state index contributed by atoms with van der Waals surface area (Å²) in [5.41, 5.74) is 1.48. The highest BCUT2D eigenvalue weighted by molar-refractivity contribution is 7.99. The van der Waals surface area contributed by atoms with E-state index in [0.29, 0.717) is 18.7 Å². The van der Waals surface area contributed by atoms with Gasteiger partial charge in [0.15, 0.2) is 10.8 Å². The standard InChI is InChI=1S/C21H28N6OS2/c1-5-12-30-21-25-18(24-14(2)3)16-13-23-27(19(16)26-21)11-10-22-20(28)15-8-6-7-9-17(15)29-4/h6-9,13-14H,5,10-12H2,1-4H3,(H,22,28)(H,24,25,26). The maximum Gasteiger partial charge on any atom is 0.252 e. The molecule has 1 aromatic carbocycles. The van der Waals surface area contributed by atoms with Gasteiger partial charge in [0.05, 0.1) is 23.7 Å². The number of anilines is 1. The number of thioether (sulfide) groups is 2. The average Bonchev–Trinajstić information content (AvgIpc) is 3.15. The van der Waals surface area contributed by atoms with Crippen LogP contribution in [0.15, 0.2) is 40.5 Å². The number of aromatic nitrogens is 4. The highest BCUT2D eigenvalue weighted by atomic mass is 32.2. The minimum absolute atomic E-state index is 0.0765. The normalized spacial score (nSPS) is 11.2. The lowest BCUT2D eigenvalue weighted by atomic mass is 10.2. The van der Waals surface area contributed by atoms with Gasteiger partial charge in [-0.15, -0.1) is 11.8 Å². The summed E-state index contributed by atoms with van der Waals surface area (Å²) in [7, 11) is 0. The Labute approximate surface area is 185 Å². The second-order valence-corrected chi connectivity index (χ2v) is 8.97. The van der Waals surface area contributed by atoms with Crippen molar-refractivity contribution < 1.29 is 4.79 Å². The molecule has 0 atom stereocenters. The summed E-state index contributed by atoms with van der Waals surface area (Å²) in [4.78, 5) is 22.9. The molecule has 3 rings (SSSR count). The van der Waals surface area contributed by atoms with Gasteiger partial charge in [0, 0.05) is 23.2 Å². The molecule has 0 spiro atoms. The molecule has 9 heteroatoms. The summed E-state index contributed by atoms with van der Waals surface area (Å²) in [6, 6.07) is 7.88. The van der Waals surface area contributed by atoms with Crippen LogP contribution >= 0.6 is 23.5 Å². The van der Waals surface area contributed by atoms with Gasteiger partial charge in [-0.2, -0.15) is 5.10 Å². The second-order valence-electron chi connectivity index (χ2n) is 7.06. The highest BCUT2D eigenvalue weighted by Crippen LogP contribution is 2.25. The van der Waals surface area contributed by atoms with Crippen molar-refractivity contribution in [3.63, 3.8) is 0 Å². The van der Waals surface area contributed by atoms with Crippen LogP contribution in [0.25, 0.3) is 11.0 Å². The lowest BCUT2D eigenvalue weighted by Crippen LogP contribution is -2.28. The fraction of sp³-hybridized carbons (Fsp3) is 0.429. The van der Waals surface area contributed by atoms with Gasteiger partial charge in [0.2, 0.25) is 0 Å². The van der Waals surface area contributed by atoms with E-state index < -0.39 is 0 Å². The molecule has 0 radical (unpaired) electrons. The van der Waals surface area contributed by atoms with E-state index in [1.165, 1.54) is 0 Å². The molecule has 3 aromatic rings. The third-order valence-corrected chi connectivity index (χ3v) is 6.15. The van der Waals surface area contributed by atoms with Crippen molar-refractivity contribution in [3.8, 4) is 0 Å². The van der Waals surface area contributed by atoms with Crippen LogP contribution in [0.1, 0.15) is 37.6 Å². The zero-order valence-electron chi connectivity index (χ0n) is 17.8. The highest BCUT2D eigenvalue weighted by Gasteiger charge is 2.15. The Morgan fingerprint density at radius 1 is 1.23 bits per heavy atom. The zero-order valence-corrected chi connectivity index (χ0v) is 19.4. The van der Waals surface area contributed by atoms with Crippen LogP contribution in [0.5, 0.6) is 0 Å². The van der Waals surface area contributed by atoms with Crippen molar-refractivity contribution in [3.05, 3.63) is 36.0 Å².